The highest BCUT2D eigenvalue weighted by atomic mass is 32.1. The Morgan fingerprint density at radius 2 is 1.92 bits per heavy atom. The van der Waals surface area contributed by atoms with Gasteiger partial charge in [0.25, 0.3) is 0 Å². The van der Waals surface area contributed by atoms with Gasteiger partial charge in [-0.1, -0.05) is 12.1 Å². The summed E-state index contributed by atoms with van der Waals surface area (Å²) in [4.78, 5) is 2.29. The maximum Gasteiger partial charge on any atom is 0.0930 e. The van der Waals surface area contributed by atoms with Crippen LogP contribution in [0.3, 0.4) is 0 Å². The van der Waals surface area contributed by atoms with Crippen molar-refractivity contribution >= 4 is 22.7 Å². The van der Waals surface area contributed by atoms with Crippen LogP contribution in [0.5, 0.6) is 0 Å². The second kappa shape index (κ2) is 4.05. The summed E-state index contributed by atoms with van der Waals surface area (Å²) < 4.78 is 0. The zero-order valence-electron chi connectivity index (χ0n) is 7.01. The van der Waals surface area contributed by atoms with Gasteiger partial charge < -0.3 is 5.11 Å². The summed E-state index contributed by atoms with van der Waals surface area (Å²) in [6, 6.07) is 8.02. The first-order valence-electron chi connectivity index (χ1n) is 4.10. The molecule has 68 valence electrons. The lowest BCUT2D eigenvalue weighted by Gasteiger charge is -2.05. The van der Waals surface area contributed by atoms with Crippen LogP contribution in [0.1, 0.15) is 15.9 Å². The molecule has 0 aliphatic rings. The molecule has 0 spiro atoms. The van der Waals surface area contributed by atoms with E-state index in [0.29, 0.717) is 0 Å². The number of aliphatic hydroxyl groups excluding tert-OH is 1. The van der Waals surface area contributed by atoms with E-state index in [-0.39, 0.29) is 6.10 Å². The standard InChI is InChI=1S/C10H10OS2/c11-9(10-4-2-6-13-10)7-8-3-1-5-12-8/h1-6,9,11H,7H2. The van der Waals surface area contributed by atoms with Gasteiger partial charge in [-0.05, 0) is 22.9 Å². The van der Waals surface area contributed by atoms with Crippen molar-refractivity contribution in [2.45, 2.75) is 12.5 Å². The molecule has 1 N–H and O–H groups in total. The minimum absolute atomic E-state index is 0.335. The monoisotopic (exact) mass is 210 g/mol. The molecular weight excluding hydrogens is 200 g/mol. The first-order chi connectivity index (χ1) is 6.36. The average molecular weight is 210 g/mol. The number of thiophene rings is 2. The van der Waals surface area contributed by atoms with E-state index in [9.17, 15) is 5.11 Å². The van der Waals surface area contributed by atoms with Gasteiger partial charge in [0.05, 0.1) is 6.10 Å². The normalized spacial score (nSPS) is 13.0. The van der Waals surface area contributed by atoms with Crippen molar-refractivity contribution < 1.29 is 5.11 Å². The third kappa shape index (κ3) is 2.18. The molecule has 2 rings (SSSR count). The zero-order chi connectivity index (χ0) is 9.10. The molecule has 0 saturated carbocycles. The van der Waals surface area contributed by atoms with Gasteiger partial charge in [-0.2, -0.15) is 0 Å². The summed E-state index contributed by atoms with van der Waals surface area (Å²) in [7, 11) is 0. The van der Waals surface area contributed by atoms with Gasteiger partial charge in [0.2, 0.25) is 0 Å². The molecule has 0 saturated heterocycles. The first-order valence-corrected chi connectivity index (χ1v) is 5.86. The fourth-order valence-corrected chi connectivity index (χ4v) is 2.66. The van der Waals surface area contributed by atoms with Crippen LogP contribution in [-0.4, -0.2) is 5.11 Å². The van der Waals surface area contributed by atoms with Gasteiger partial charge >= 0.3 is 0 Å². The van der Waals surface area contributed by atoms with E-state index in [4.69, 9.17) is 0 Å². The van der Waals surface area contributed by atoms with Gasteiger partial charge in [-0.3, -0.25) is 0 Å². The highest BCUT2D eigenvalue weighted by Crippen LogP contribution is 2.24. The van der Waals surface area contributed by atoms with Crippen molar-refractivity contribution in [3.63, 3.8) is 0 Å². The number of hydrogen-bond acceptors (Lipinski definition) is 3. The molecule has 0 aromatic carbocycles. The molecule has 1 unspecified atom stereocenters. The second-order valence-electron chi connectivity index (χ2n) is 2.81. The maximum atomic E-state index is 9.80. The predicted octanol–water partition coefficient (Wildman–Crippen LogP) is 3.09. The van der Waals surface area contributed by atoms with Gasteiger partial charge in [0, 0.05) is 16.2 Å². The lowest BCUT2D eigenvalue weighted by atomic mass is 10.2. The average Bonchev–Trinajstić information content (AvgIpc) is 2.74. The highest BCUT2D eigenvalue weighted by molar-refractivity contribution is 7.10. The molecule has 2 aromatic rings. The van der Waals surface area contributed by atoms with Crippen LogP contribution in [0, 0.1) is 0 Å². The van der Waals surface area contributed by atoms with E-state index in [1.54, 1.807) is 22.7 Å². The molecule has 3 heteroatoms. The van der Waals surface area contributed by atoms with Gasteiger partial charge in [-0.15, -0.1) is 22.7 Å². The van der Waals surface area contributed by atoms with Crippen molar-refractivity contribution in [1.29, 1.82) is 0 Å². The van der Waals surface area contributed by atoms with Gasteiger partial charge in [-0.25, -0.2) is 0 Å². The van der Waals surface area contributed by atoms with Crippen molar-refractivity contribution in [2.75, 3.05) is 0 Å². The SMILES string of the molecule is OC(Cc1cccs1)c1cccs1. The Morgan fingerprint density at radius 1 is 1.15 bits per heavy atom. The van der Waals surface area contributed by atoms with E-state index in [1.807, 2.05) is 29.0 Å². The summed E-state index contributed by atoms with van der Waals surface area (Å²) in [5.74, 6) is 0. The minimum Gasteiger partial charge on any atom is -0.387 e. The summed E-state index contributed by atoms with van der Waals surface area (Å²) >= 11 is 3.30. The van der Waals surface area contributed by atoms with Gasteiger partial charge in [0.15, 0.2) is 0 Å². The number of hydrogen-bond donors (Lipinski definition) is 1. The fourth-order valence-electron chi connectivity index (χ4n) is 1.20. The summed E-state index contributed by atoms with van der Waals surface area (Å²) in [6.07, 6.45) is 0.400. The topological polar surface area (TPSA) is 20.2 Å². The largest absolute Gasteiger partial charge is 0.387 e. The van der Waals surface area contributed by atoms with E-state index < -0.39 is 0 Å². The molecule has 0 bridgehead atoms. The Hall–Kier alpha value is -0.640. The zero-order valence-corrected chi connectivity index (χ0v) is 8.65. The molecule has 1 atom stereocenters. The third-order valence-electron chi connectivity index (χ3n) is 1.85. The van der Waals surface area contributed by atoms with Crippen LogP contribution < -0.4 is 0 Å². The molecule has 1 nitrogen and oxygen atoms in total. The number of rotatable bonds is 3. The highest BCUT2D eigenvalue weighted by Gasteiger charge is 2.09. The Kier molecular flexibility index (Phi) is 2.78. The Morgan fingerprint density at radius 3 is 2.54 bits per heavy atom. The summed E-state index contributed by atoms with van der Waals surface area (Å²) in [5, 5.41) is 13.8. The lowest BCUT2D eigenvalue weighted by molar-refractivity contribution is 0.183. The van der Waals surface area contributed by atoms with Crippen LogP contribution in [0.25, 0.3) is 0 Å². The molecule has 13 heavy (non-hydrogen) atoms. The Labute approximate surface area is 85.3 Å². The third-order valence-corrected chi connectivity index (χ3v) is 3.72. The minimum atomic E-state index is -0.335. The predicted molar refractivity (Wildman–Crippen MR) is 57.3 cm³/mol. The van der Waals surface area contributed by atoms with Crippen molar-refractivity contribution in [3.8, 4) is 0 Å². The van der Waals surface area contributed by atoms with Crippen LogP contribution in [0.15, 0.2) is 35.0 Å². The molecule has 0 aliphatic carbocycles. The van der Waals surface area contributed by atoms with E-state index in [2.05, 4.69) is 6.07 Å². The van der Waals surface area contributed by atoms with Crippen molar-refractivity contribution in [1.82, 2.24) is 0 Å². The van der Waals surface area contributed by atoms with Crippen LogP contribution in [0.4, 0.5) is 0 Å². The smallest absolute Gasteiger partial charge is 0.0930 e. The van der Waals surface area contributed by atoms with E-state index >= 15 is 0 Å². The van der Waals surface area contributed by atoms with Gasteiger partial charge in [0.1, 0.15) is 0 Å². The Bertz CT molecular complexity index is 337. The second-order valence-corrected chi connectivity index (χ2v) is 4.83. The van der Waals surface area contributed by atoms with Crippen molar-refractivity contribution in [3.05, 3.63) is 44.8 Å². The Balaban J connectivity index is 2.04. The quantitative estimate of drug-likeness (QED) is 0.825. The fraction of sp³-hybridized carbons (Fsp3) is 0.200. The molecule has 2 aromatic heterocycles. The first kappa shape index (κ1) is 8.94. The summed E-state index contributed by atoms with van der Waals surface area (Å²) in [6.45, 7) is 0. The van der Waals surface area contributed by atoms with E-state index in [0.717, 1.165) is 11.3 Å². The molecule has 2 heterocycles. The number of aliphatic hydroxyl groups is 1. The van der Waals surface area contributed by atoms with E-state index in [1.165, 1.54) is 4.88 Å². The van der Waals surface area contributed by atoms with Crippen LogP contribution >= 0.6 is 22.7 Å². The lowest BCUT2D eigenvalue weighted by Crippen LogP contribution is -1.97. The molecular formula is C10H10OS2. The maximum absolute atomic E-state index is 9.80. The molecule has 0 fully saturated rings. The van der Waals surface area contributed by atoms with Crippen LogP contribution in [0.2, 0.25) is 0 Å². The molecule has 0 aliphatic heterocycles. The molecule has 0 amide bonds. The molecule has 0 radical (unpaired) electrons. The van der Waals surface area contributed by atoms with Crippen molar-refractivity contribution in [2.24, 2.45) is 0 Å². The summed E-state index contributed by atoms with van der Waals surface area (Å²) in [5.41, 5.74) is 0. The van der Waals surface area contributed by atoms with Crippen LogP contribution in [-0.2, 0) is 6.42 Å².